The minimum atomic E-state index is -5.20. The number of alkyl halides is 6. The van der Waals surface area contributed by atoms with E-state index in [0.717, 1.165) is 101 Å². The number of fused-ring (bicyclic) bond motifs is 2. The summed E-state index contributed by atoms with van der Waals surface area (Å²) in [5, 5.41) is 23.8. The minimum Gasteiger partial charge on any atom is -0.369 e. The van der Waals surface area contributed by atoms with Gasteiger partial charge in [0.15, 0.2) is 0 Å². The van der Waals surface area contributed by atoms with Crippen molar-refractivity contribution in [2.24, 2.45) is 28.7 Å². The van der Waals surface area contributed by atoms with E-state index in [0.29, 0.717) is 79.2 Å². The van der Waals surface area contributed by atoms with Crippen LogP contribution in [0.4, 0.5) is 35.1 Å². The molecule has 0 aromatic heterocycles. The molecule has 3 heterocycles. The third-order valence-electron chi connectivity index (χ3n) is 21.0. The normalized spacial score (nSPS) is 29.2. The van der Waals surface area contributed by atoms with E-state index in [1.807, 2.05) is 25.1 Å². The summed E-state index contributed by atoms with van der Waals surface area (Å²) in [6, 6.07) is 9.25. The monoisotopic (exact) mass is 1300 g/mol. The first-order chi connectivity index (χ1) is 43.6. The van der Waals surface area contributed by atoms with E-state index in [9.17, 15) is 35.1 Å². The van der Waals surface area contributed by atoms with Crippen molar-refractivity contribution in [1.29, 1.82) is 0 Å². The van der Waals surface area contributed by atoms with Gasteiger partial charge in [-0.25, -0.2) is 8.78 Å². The highest BCUT2D eigenvalue weighted by atomic mass is 19.4. The van der Waals surface area contributed by atoms with Crippen molar-refractivity contribution in [3.63, 3.8) is 0 Å². The average molecular weight is 1300 g/mol. The molecule has 0 radical (unpaired) electrons. The number of hydrogen-bond acceptors (Lipinski definition) is 12. The Morgan fingerprint density at radius 1 is 0.772 bits per heavy atom. The van der Waals surface area contributed by atoms with E-state index >= 15 is 0 Å². The molecule has 2 aromatic rings. The van der Waals surface area contributed by atoms with Crippen molar-refractivity contribution in [1.82, 2.24) is 51.5 Å². The highest BCUT2D eigenvalue weighted by Gasteiger charge is 2.51. The van der Waals surface area contributed by atoms with Crippen LogP contribution in [0.5, 0.6) is 0 Å². The van der Waals surface area contributed by atoms with Crippen LogP contribution >= 0.6 is 0 Å². The third-order valence-corrected chi connectivity index (χ3v) is 21.0. The van der Waals surface area contributed by atoms with Gasteiger partial charge in [0.2, 0.25) is 0 Å². The van der Waals surface area contributed by atoms with Crippen LogP contribution in [0.2, 0.25) is 0 Å². The molecule has 7 rings (SSSR count). The fourth-order valence-corrected chi connectivity index (χ4v) is 15.0. The molecule has 2 aromatic carbocycles. The lowest BCUT2D eigenvalue weighted by Crippen LogP contribution is -2.74. The molecular weight excluding hydrogens is 1190 g/mol. The van der Waals surface area contributed by atoms with E-state index in [1.165, 1.54) is 43.5 Å². The Kier molecular flexibility index (Phi) is 28.0. The zero-order chi connectivity index (χ0) is 67.1. The molecule has 2 aliphatic carbocycles. The maximum Gasteiger partial charge on any atom is 0.422 e. The molecule has 518 valence electrons. The SMILES string of the molecule is CCO[C@@H]1CNCC2(CCC2)NC(C)[C@H](C2CCCC2)N2C(C)[C@@H](C)C2CNC(C)[C@H](CC(C)C)NC[C@H]([C@@H](C)CC)NC(C)[C@H](C)N2CCCC2=CN(CC)C(Cc2ccc(C(F)(F)F)cc2)=CN(C)C=CN=C(CCc2cc(F)c(C(F)(F)F)c(F)c2)C=CN1. The number of nitrogens with one attached hydrogen (secondary N) is 6. The predicted octanol–water partition coefficient (Wildman–Crippen LogP) is 14.1. The van der Waals surface area contributed by atoms with E-state index in [-0.39, 0.29) is 60.2 Å². The van der Waals surface area contributed by atoms with Gasteiger partial charge in [-0.3, -0.25) is 9.89 Å². The van der Waals surface area contributed by atoms with Gasteiger partial charge in [-0.15, -0.1) is 0 Å². The van der Waals surface area contributed by atoms with Crippen molar-refractivity contribution < 1.29 is 39.9 Å². The van der Waals surface area contributed by atoms with Gasteiger partial charge in [-0.05, 0) is 178 Å². The van der Waals surface area contributed by atoms with Crippen molar-refractivity contribution in [3.05, 3.63) is 119 Å². The number of likely N-dealkylation sites (N-methyl/N-ethyl adjacent to an activating group) is 1. The summed E-state index contributed by atoms with van der Waals surface area (Å²) >= 11 is 0. The van der Waals surface area contributed by atoms with Gasteiger partial charge >= 0.3 is 12.4 Å². The van der Waals surface area contributed by atoms with Crippen LogP contribution in [0.25, 0.3) is 0 Å². The van der Waals surface area contributed by atoms with Crippen molar-refractivity contribution >= 4 is 5.71 Å². The second-order valence-corrected chi connectivity index (χ2v) is 28.0. The number of ether oxygens (including phenoxy) is 1. The minimum absolute atomic E-state index is 0.0207. The third kappa shape index (κ3) is 20.5. The molecule has 6 N–H and O–H groups in total. The standard InChI is InChI=1S/C72H113F8N11O/c1-14-48(6)65-41-85-64(37-47(4)5)51(9)84-42-66-49(7)53(11)91(66)69(57-21-17-18-22-57)52(10)87-70(31-20-32-70)46-81-43-67(92-16-3)83-33-30-59(29-26-56-39-62(73)68(63(74)40-56)72(78,79)80)82-34-36-88(13)44-61(38-55-24-27-58(28-25-55)71(75,76)77)89(15-2)45-60-23-19-35-90(60)54(12)50(8)86-65/h24-25,27-28,30,33-34,36,39-40,44-45,47-54,57,64-67,69,81,83-87H,14-23,26,29,31-32,35,37-38,41-43,46H2,1-13H3/t48-,49+,50?,51?,52?,53?,54-,64-,65+,66?,67+,69+/m0/s1. The summed E-state index contributed by atoms with van der Waals surface area (Å²) in [6.07, 6.45) is 13.4. The van der Waals surface area contributed by atoms with E-state index in [1.54, 1.807) is 24.7 Å². The van der Waals surface area contributed by atoms with Gasteiger partial charge in [-0.2, -0.15) is 26.3 Å². The molecule has 4 fully saturated rings. The summed E-state index contributed by atoms with van der Waals surface area (Å²) in [4.78, 5) is 14.2. The molecule has 1 spiro atoms. The molecule has 2 saturated heterocycles. The molecule has 0 bridgehead atoms. The fraction of sp³-hybridized carbons (Fsp3) is 0.708. The maximum absolute atomic E-state index is 14.9. The van der Waals surface area contributed by atoms with Gasteiger partial charge in [-0.1, -0.05) is 66.0 Å². The fourth-order valence-electron chi connectivity index (χ4n) is 15.0. The molecule has 2 saturated carbocycles. The van der Waals surface area contributed by atoms with Gasteiger partial charge in [0, 0.05) is 167 Å². The first kappa shape index (κ1) is 74.8. The second-order valence-electron chi connectivity index (χ2n) is 28.0. The smallest absolute Gasteiger partial charge is 0.369 e. The van der Waals surface area contributed by atoms with Crippen LogP contribution in [0, 0.1) is 35.3 Å². The number of halogens is 8. The van der Waals surface area contributed by atoms with E-state index in [4.69, 9.17) is 9.73 Å². The Bertz CT molecular complexity index is 2720. The Labute approximate surface area is 546 Å². The number of aliphatic imine (C=N–C) groups is 1. The van der Waals surface area contributed by atoms with Gasteiger partial charge < -0.3 is 51.3 Å². The predicted molar refractivity (Wildman–Crippen MR) is 357 cm³/mol. The highest BCUT2D eigenvalue weighted by Crippen LogP contribution is 2.43. The summed E-state index contributed by atoms with van der Waals surface area (Å²) in [7, 11) is 1.84. The Balaban J connectivity index is 1.24. The van der Waals surface area contributed by atoms with Crippen LogP contribution in [0.1, 0.15) is 182 Å². The van der Waals surface area contributed by atoms with Crippen LogP contribution in [-0.2, 0) is 29.9 Å². The number of nitrogens with zero attached hydrogens (tertiary/aromatic N) is 5. The van der Waals surface area contributed by atoms with Gasteiger partial charge in [0.1, 0.15) is 23.4 Å². The number of benzene rings is 2. The van der Waals surface area contributed by atoms with Gasteiger partial charge in [0.25, 0.3) is 0 Å². The molecule has 5 unspecified atom stereocenters. The summed E-state index contributed by atoms with van der Waals surface area (Å²) in [6.45, 7) is 32.5. The van der Waals surface area contributed by atoms with Crippen molar-refractivity contribution in [3.8, 4) is 0 Å². The molecule has 3 aliphatic heterocycles. The first-order valence-electron chi connectivity index (χ1n) is 34.8. The lowest BCUT2D eigenvalue weighted by Gasteiger charge is -2.60. The maximum atomic E-state index is 14.9. The topological polar surface area (TPSA) is 107 Å². The molecule has 0 amide bonds. The van der Waals surface area contributed by atoms with Crippen molar-refractivity contribution in [2.45, 2.75) is 251 Å². The summed E-state index contributed by atoms with van der Waals surface area (Å²) < 4.78 is 118. The lowest BCUT2D eigenvalue weighted by molar-refractivity contribution is -0.142. The number of rotatable bonds is 13. The van der Waals surface area contributed by atoms with E-state index < -0.39 is 41.3 Å². The van der Waals surface area contributed by atoms with E-state index in [2.05, 4.69) is 129 Å². The molecule has 92 heavy (non-hydrogen) atoms. The lowest BCUT2D eigenvalue weighted by atomic mass is 9.73. The second kappa shape index (κ2) is 34.4. The zero-order valence-corrected chi connectivity index (χ0v) is 57.5. The Morgan fingerprint density at radius 2 is 1.47 bits per heavy atom. The van der Waals surface area contributed by atoms with Crippen LogP contribution in [-0.4, -0.2) is 144 Å². The van der Waals surface area contributed by atoms with Crippen molar-refractivity contribution in [2.75, 3.05) is 52.9 Å². The molecule has 5 aliphatic rings. The van der Waals surface area contributed by atoms with Crippen LogP contribution in [0.3, 0.4) is 0 Å². The quantitative estimate of drug-likeness (QED) is 0.108. The Hall–Kier alpha value is -4.57. The number of aryl methyl sites for hydroxylation is 1. The summed E-state index contributed by atoms with van der Waals surface area (Å²) in [5.74, 6) is -1.27. The van der Waals surface area contributed by atoms with Gasteiger partial charge in [0.05, 0.1) is 5.56 Å². The average Bonchev–Trinajstić information content (AvgIpc) is 0.988. The van der Waals surface area contributed by atoms with Crippen LogP contribution < -0.4 is 31.9 Å². The molecule has 12 atom stereocenters. The summed E-state index contributed by atoms with van der Waals surface area (Å²) in [5.41, 5.74) is 0.458. The first-order valence-corrected chi connectivity index (χ1v) is 34.8. The Morgan fingerprint density at radius 3 is 2.08 bits per heavy atom. The molecule has 12 nitrogen and oxygen atoms in total. The number of hydrogen-bond donors (Lipinski definition) is 6. The molecule has 20 heteroatoms. The highest BCUT2D eigenvalue weighted by molar-refractivity contribution is 5.95. The molecular formula is C72H113F8N11O. The largest absolute Gasteiger partial charge is 0.422 e. The zero-order valence-electron chi connectivity index (χ0n) is 57.5. The van der Waals surface area contributed by atoms with Crippen LogP contribution in [0.15, 0.2) is 89.9 Å². The number of allylic oxidation sites excluding steroid dienone is 3.